The van der Waals surface area contributed by atoms with Crippen LogP contribution in [0.5, 0.6) is 11.5 Å². The van der Waals surface area contributed by atoms with E-state index in [1.807, 2.05) is 6.92 Å². The van der Waals surface area contributed by atoms with Crippen molar-refractivity contribution < 1.29 is 14.3 Å². The number of methoxy groups -OCH3 is 2. The van der Waals surface area contributed by atoms with Crippen LogP contribution in [-0.4, -0.2) is 44.3 Å². The van der Waals surface area contributed by atoms with E-state index in [-0.39, 0.29) is 18.1 Å². The lowest BCUT2D eigenvalue weighted by Gasteiger charge is -2.42. The summed E-state index contributed by atoms with van der Waals surface area (Å²) in [6.45, 7) is 8.49. The Labute approximate surface area is 185 Å². The van der Waals surface area contributed by atoms with Gasteiger partial charge in [-0.3, -0.25) is 4.90 Å². The first-order valence-electron chi connectivity index (χ1n) is 11.1. The molecule has 3 rings (SSSR count). The van der Waals surface area contributed by atoms with Crippen molar-refractivity contribution in [2.24, 2.45) is 0 Å². The molecule has 0 aliphatic carbocycles. The summed E-state index contributed by atoms with van der Waals surface area (Å²) in [5, 5.41) is 6.08. The number of hydrogen-bond donors (Lipinski definition) is 2. The standard InChI is InChI=1S/C25H35N3O3/c1-6-21(27-25(29)26-7-2)24-20-15-23(31-5)22(30-4)14-19(20)12-13-28(24)16-18-10-8-17(3)9-11-18/h8-11,14-15,21,24H,6-7,12-13,16H2,1-5H3,(H2,26,27,29)/t21-,24+/m1/s1. The largest absolute Gasteiger partial charge is 0.493 e. The molecular weight excluding hydrogens is 390 g/mol. The van der Waals surface area contributed by atoms with E-state index < -0.39 is 0 Å². The molecule has 1 aliphatic rings. The maximum absolute atomic E-state index is 12.4. The van der Waals surface area contributed by atoms with Crippen molar-refractivity contribution in [1.29, 1.82) is 0 Å². The average Bonchev–Trinajstić information content (AvgIpc) is 2.78. The SMILES string of the molecule is CCNC(=O)N[C@H](CC)[C@@H]1c2cc(OC)c(OC)cc2CCN1Cc1ccc(C)cc1. The van der Waals surface area contributed by atoms with Crippen LogP contribution in [-0.2, 0) is 13.0 Å². The predicted octanol–water partition coefficient (Wildman–Crippen LogP) is 4.21. The van der Waals surface area contributed by atoms with Gasteiger partial charge in [-0.05, 0) is 55.5 Å². The number of hydrogen-bond acceptors (Lipinski definition) is 4. The van der Waals surface area contributed by atoms with Gasteiger partial charge in [-0.1, -0.05) is 36.8 Å². The molecule has 0 fully saturated rings. The Morgan fingerprint density at radius 3 is 2.42 bits per heavy atom. The molecule has 0 radical (unpaired) electrons. The van der Waals surface area contributed by atoms with Gasteiger partial charge in [-0.15, -0.1) is 0 Å². The maximum Gasteiger partial charge on any atom is 0.315 e. The highest BCUT2D eigenvalue weighted by molar-refractivity contribution is 5.74. The molecular formula is C25H35N3O3. The number of benzene rings is 2. The molecule has 1 heterocycles. The average molecular weight is 426 g/mol. The molecule has 2 atom stereocenters. The minimum absolute atomic E-state index is 0.0332. The highest BCUT2D eigenvalue weighted by Gasteiger charge is 2.35. The highest BCUT2D eigenvalue weighted by Crippen LogP contribution is 2.40. The molecule has 2 N–H and O–H groups in total. The zero-order valence-corrected chi connectivity index (χ0v) is 19.3. The van der Waals surface area contributed by atoms with Crippen molar-refractivity contribution in [2.75, 3.05) is 27.3 Å². The third kappa shape index (κ3) is 5.31. The number of urea groups is 1. The monoisotopic (exact) mass is 425 g/mol. The third-order valence-electron chi connectivity index (χ3n) is 6.01. The maximum atomic E-state index is 12.4. The smallest absolute Gasteiger partial charge is 0.315 e. The van der Waals surface area contributed by atoms with Crippen LogP contribution in [0.1, 0.15) is 48.6 Å². The first-order valence-corrected chi connectivity index (χ1v) is 11.1. The van der Waals surface area contributed by atoms with Gasteiger partial charge in [0, 0.05) is 19.6 Å². The zero-order chi connectivity index (χ0) is 22.4. The summed E-state index contributed by atoms with van der Waals surface area (Å²) < 4.78 is 11.1. The van der Waals surface area contributed by atoms with Crippen LogP contribution in [0.4, 0.5) is 4.79 Å². The van der Waals surface area contributed by atoms with Crippen LogP contribution in [0.2, 0.25) is 0 Å². The quantitative estimate of drug-likeness (QED) is 0.665. The van der Waals surface area contributed by atoms with E-state index in [2.05, 4.69) is 65.8 Å². The van der Waals surface area contributed by atoms with E-state index >= 15 is 0 Å². The Hall–Kier alpha value is -2.73. The minimum Gasteiger partial charge on any atom is -0.493 e. The van der Waals surface area contributed by atoms with Gasteiger partial charge >= 0.3 is 6.03 Å². The van der Waals surface area contributed by atoms with Crippen molar-refractivity contribution >= 4 is 6.03 Å². The molecule has 0 saturated carbocycles. The van der Waals surface area contributed by atoms with E-state index in [1.54, 1.807) is 14.2 Å². The first kappa shape index (κ1) is 22.9. The number of amides is 2. The van der Waals surface area contributed by atoms with Gasteiger partial charge in [0.1, 0.15) is 0 Å². The van der Waals surface area contributed by atoms with Crippen molar-refractivity contribution in [1.82, 2.24) is 15.5 Å². The fourth-order valence-electron chi connectivity index (χ4n) is 4.39. The summed E-state index contributed by atoms with van der Waals surface area (Å²) in [6.07, 6.45) is 1.75. The molecule has 1 aliphatic heterocycles. The predicted molar refractivity (Wildman–Crippen MR) is 124 cm³/mol. The number of carbonyl (C=O) groups excluding carboxylic acids is 1. The van der Waals surface area contributed by atoms with Crippen molar-refractivity contribution in [3.05, 3.63) is 58.7 Å². The number of fused-ring (bicyclic) bond motifs is 1. The van der Waals surface area contributed by atoms with Gasteiger partial charge in [0.2, 0.25) is 0 Å². The Balaban J connectivity index is 2.00. The fraction of sp³-hybridized carbons (Fsp3) is 0.480. The van der Waals surface area contributed by atoms with Crippen molar-refractivity contribution in [2.45, 2.75) is 52.2 Å². The van der Waals surface area contributed by atoms with Crippen LogP contribution in [0, 0.1) is 6.92 Å². The number of ether oxygens (including phenoxy) is 2. The van der Waals surface area contributed by atoms with E-state index in [4.69, 9.17) is 9.47 Å². The number of rotatable bonds is 8. The second-order valence-electron chi connectivity index (χ2n) is 8.08. The Morgan fingerprint density at radius 2 is 1.81 bits per heavy atom. The summed E-state index contributed by atoms with van der Waals surface area (Å²) >= 11 is 0. The molecule has 2 amide bonds. The zero-order valence-electron chi connectivity index (χ0n) is 19.3. The van der Waals surface area contributed by atoms with Crippen LogP contribution in [0.25, 0.3) is 0 Å². The van der Waals surface area contributed by atoms with Gasteiger partial charge in [-0.2, -0.15) is 0 Å². The normalized spacial score (nSPS) is 16.9. The Morgan fingerprint density at radius 1 is 1.13 bits per heavy atom. The molecule has 2 aromatic carbocycles. The number of nitrogens with zero attached hydrogens (tertiary/aromatic N) is 1. The lowest BCUT2D eigenvalue weighted by molar-refractivity contribution is 0.135. The summed E-state index contributed by atoms with van der Waals surface area (Å²) in [5.74, 6) is 1.47. The summed E-state index contributed by atoms with van der Waals surface area (Å²) in [4.78, 5) is 14.9. The number of carbonyl (C=O) groups is 1. The van der Waals surface area contributed by atoms with Crippen LogP contribution >= 0.6 is 0 Å². The van der Waals surface area contributed by atoms with Gasteiger partial charge in [0.05, 0.1) is 26.3 Å². The van der Waals surface area contributed by atoms with Gasteiger partial charge in [0.15, 0.2) is 11.5 Å². The first-order chi connectivity index (χ1) is 15.0. The van der Waals surface area contributed by atoms with Crippen LogP contribution in [0.15, 0.2) is 36.4 Å². The summed E-state index contributed by atoms with van der Waals surface area (Å²) in [5.41, 5.74) is 4.97. The van der Waals surface area contributed by atoms with Crippen molar-refractivity contribution in [3.8, 4) is 11.5 Å². The second-order valence-corrected chi connectivity index (χ2v) is 8.08. The lowest BCUT2D eigenvalue weighted by atomic mass is 9.86. The molecule has 0 saturated heterocycles. The van der Waals surface area contributed by atoms with Gasteiger partial charge in [-0.25, -0.2) is 4.79 Å². The van der Waals surface area contributed by atoms with E-state index in [9.17, 15) is 4.79 Å². The molecule has 168 valence electrons. The van der Waals surface area contributed by atoms with Crippen molar-refractivity contribution in [3.63, 3.8) is 0 Å². The molecule has 0 unspecified atom stereocenters. The van der Waals surface area contributed by atoms with E-state index in [0.717, 1.165) is 37.4 Å². The lowest BCUT2D eigenvalue weighted by Crippen LogP contribution is -2.50. The second kappa shape index (κ2) is 10.5. The fourth-order valence-corrected chi connectivity index (χ4v) is 4.39. The summed E-state index contributed by atoms with van der Waals surface area (Å²) in [7, 11) is 3.33. The Kier molecular flexibility index (Phi) is 7.80. The molecule has 0 spiro atoms. The molecule has 2 aromatic rings. The molecule has 6 nitrogen and oxygen atoms in total. The van der Waals surface area contributed by atoms with E-state index in [0.29, 0.717) is 6.54 Å². The number of nitrogens with one attached hydrogen (secondary N) is 2. The molecule has 0 bridgehead atoms. The molecule has 6 heteroatoms. The third-order valence-corrected chi connectivity index (χ3v) is 6.01. The van der Waals surface area contributed by atoms with Crippen LogP contribution < -0.4 is 20.1 Å². The van der Waals surface area contributed by atoms with E-state index in [1.165, 1.54) is 22.3 Å². The Bertz CT molecular complexity index is 882. The van der Waals surface area contributed by atoms with Gasteiger partial charge < -0.3 is 20.1 Å². The minimum atomic E-state index is -0.128. The topological polar surface area (TPSA) is 62.8 Å². The van der Waals surface area contributed by atoms with Gasteiger partial charge in [0.25, 0.3) is 0 Å². The summed E-state index contributed by atoms with van der Waals surface area (Å²) in [6, 6.07) is 12.7. The molecule has 31 heavy (non-hydrogen) atoms. The molecule has 0 aromatic heterocycles. The van der Waals surface area contributed by atoms with Crippen LogP contribution in [0.3, 0.4) is 0 Å². The number of aryl methyl sites for hydroxylation is 1. The highest BCUT2D eigenvalue weighted by atomic mass is 16.5.